The summed E-state index contributed by atoms with van der Waals surface area (Å²) in [6, 6.07) is -2.04. The number of rotatable bonds is 11. The zero-order valence-electron chi connectivity index (χ0n) is 22.2. The third-order valence-electron chi connectivity index (χ3n) is 6.61. The third kappa shape index (κ3) is 7.22. The summed E-state index contributed by atoms with van der Waals surface area (Å²) in [6.07, 6.45) is 3.38. The molecule has 1 aliphatic carbocycles. The fourth-order valence-electron chi connectivity index (χ4n) is 4.47. The molecule has 0 spiro atoms. The Balaban J connectivity index is 2.11. The standard InChI is InChI=1S/C25H39N5O6S/c1-7-9-19(23(32)33)29-22(31)18(26)10-8-13-28-24(27)30-37(34,35)21-20-14(2)15(3)36-16(4)17(20)11-12-25(21,5)6/h7,18-19H,1,8-13,26H2,2-6H3,(H,29,31)(H,32,33)(H3,27,28,30)/t18-,19+/m0/s1. The molecule has 1 aliphatic heterocycles. The lowest BCUT2D eigenvalue weighted by Gasteiger charge is -2.38. The van der Waals surface area contributed by atoms with Crippen molar-refractivity contribution in [1.29, 1.82) is 0 Å². The molecule has 0 bridgehead atoms. The molecular formula is C25H39N5O6S. The Kier molecular flexibility index (Phi) is 9.72. The van der Waals surface area contributed by atoms with Gasteiger partial charge in [0.2, 0.25) is 11.9 Å². The van der Waals surface area contributed by atoms with Crippen molar-refractivity contribution in [3.63, 3.8) is 0 Å². The van der Waals surface area contributed by atoms with E-state index >= 15 is 0 Å². The number of carbonyl (C=O) groups excluding carboxylic acids is 1. The van der Waals surface area contributed by atoms with Crippen LogP contribution in [0.2, 0.25) is 0 Å². The molecule has 0 fully saturated rings. The lowest BCUT2D eigenvalue weighted by atomic mass is 9.74. The van der Waals surface area contributed by atoms with Gasteiger partial charge in [-0.05, 0) is 64.0 Å². The van der Waals surface area contributed by atoms with Crippen LogP contribution in [-0.4, -0.2) is 50.0 Å². The highest BCUT2D eigenvalue weighted by Gasteiger charge is 2.42. The van der Waals surface area contributed by atoms with Crippen LogP contribution >= 0.6 is 0 Å². The van der Waals surface area contributed by atoms with Gasteiger partial charge in [-0.3, -0.25) is 4.79 Å². The van der Waals surface area contributed by atoms with Gasteiger partial charge in [-0.15, -0.1) is 11.0 Å². The minimum absolute atomic E-state index is 0.0739. The first-order valence-electron chi connectivity index (χ1n) is 12.2. The minimum atomic E-state index is -4.13. The number of carboxylic acid groups (broad SMARTS) is 1. The lowest BCUT2D eigenvalue weighted by molar-refractivity contribution is -0.141. The van der Waals surface area contributed by atoms with Crippen LogP contribution < -0.4 is 22.1 Å². The van der Waals surface area contributed by atoms with Gasteiger partial charge in [0.05, 0.1) is 10.9 Å². The molecule has 1 amide bonds. The van der Waals surface area contributed by atoms with Gasteiger partial charge in [-0.25, -0.2) is 4.79 Å². The van der Waals surface area contributed by atoms with Gasteiger partial charge in [0.15, 0.2) is 0 Å². The number of aliphatic carboxylic acids is 1. The van der Waals surface area contributed by atoms with Crippen molar-refractivity contribution in [1.82, 2.24) is 10.6 Å². The summed E-state index contributed by atoms with van der Waals surface area (Å²) in [5, 5.41) is 14.3. The number of hydrogen-bond acceptors (Lipinski definition) is 6. The van der Waals surface area contributed by atoms with Crippen molar-refractivity contribution in [3.8, 4) is 0 Å². The van der Waals surface area contributed by atoms with E-state index in [-0.39, 0.29) is 30.3 Å². The molecule has 2 rings (SSSR count). The van der Waals surface area contributed by atoms with E-state index in [1.807, 2.05) is 27.7 Å². The largest absolute Gasteiger partial charge is 0.480 e. The van der Waals surface area contributed by atoms with Crippen LogP contribution in [0.4, 0.5) is 0 Å². The minimum Gasteiger partial charge on any atom is -0.480 e. The molecule has 37 heavy (non-hydrogen) atoms. The quantitative estimate of drug-likeness (QED) is 0.114. The summed E-state index contributed by atoms with van der Waals surface area (Å²) in [6.45, 7) is 12.9. The number of nitrogens with zero attached hydrogens (tertiary/aromatic N) is 1. The number of allylic oxidation sites excluding steroid dienone is 6. The second-order valence-corrected chi connectivity index (χ2v) is 11.5. The average Bonchev–Trinajstić information content (AvgIpc) is 2.78. The molecule has 12 heteroatoms. The summed E-state index contributed by atoms with van der Waals surface area (Å²) in [7, 11) is -4.13. The van der Waals surface area contributed by atoms with Crippen molar-refractivity contribution in [2.75, 3.05) is 6.54 Å². The summed E-state index contributed by atoms with van der Waals surface area (Å²) < 4.78 is 36.6. The number of hydrogen-bond donors (Lipinski definition) is 5. The highest BCUT2D eigenvalue weighted by atomic mass is 32.2. The normalized spacial score (nSPS) is 19.6. The lowest BCUT2D eigenvalue weighted by Crippen LogP contribution is -2.48. The molecule has 11 nitrogen and oxygen atoms in total. The fraction of sp³-hybridized carbons (Fsp3) is 0.560. The van der Waals surface area contributed by atoms with Gasteiger partial charge in [-0.2, -0.15) is 8.42 Å². The number of carboxylic acids is 1. The molecule has 0 aromatic rings. The van der Waals surface area contributed by atoms with Gasteiger partial charge >= 0.3 is 5.97 Å². The Morgan fingerprint density at radius 3 is 2.51 bits per heavy atom. The molecular weight excluding hydrogens is 498 g/mol. The van der Waals surface area contributed by atoms with E-state index in [0.29, 0.717) is 36.4 Å². The van der Waals surface area contributed by atoms with Crippen molar-refractivity contribution in [3.05, 3.63) is 45.8 Å². The molecule has 0 saturated carbocycles. The summed E-state index contributed by atoms with van der Waals surface area (Å²) in [4.78, 5) is 23.6. The van der Waals surface area contributed by atoms with Gasteiger partial charge in [-0.1, -0.05) is 19.9 Å². The Hall–Kier alpha value is -3.12. The number of sulfonamides is 1. The fourth-order valence-corrected chi connectivity index (χ4v) is 6.22. The van der Waals surface area contributed by atoms with Crippen molar-refractivity contribution >= 4 is 27.9 Å². The SMILES string of the molecule is C=CC[C@@H](NC(=O)[C@@H](N)CCCNC(N)=NS(=O)(=O)C1=C2C(C)=C(C)OC(C)=C2CCC1(C)C)C(=O)O. The highest BCUT2D eigenvalue weighted by Crippen LogP contribution is 2.50. The third-order valence-corrected chi connectivity index (χ3v) is 8.32. The molecule has 2 atom stereocenters. The van der Waals surface area contributed by atoms with Crippen LogP contribution in [0.15, 0.2) is 50.2 Å². The number of ether oxygens (including phenoxy) is 1. The topological polar surface area (TPSA) is 186 Å². The predicted octanol–water partition coefficient (Wildman–Crippen LogP) is 2.15. The van der Waals surface area contributed by atoms with Crippen molar-refractivity contribution in [2.24, 2.45) is 21.3 Å². The first kappa shape index (κ1) is 30.1. The Bertz CT molecular complexity index is 1180. The molecule has 1 heterocycles. The Morgan fingerprint density at radius 1 is 1.27 bits per heavy atom. The van der Waals surface area contributed by atoms with Crippen LogP contribution in [0.1, 0.15) is 66.7 Å². The van der Waals surface area contributed by atoms with E-state index in [4.69, 9.17) is 21.3 Å². The van der Waals surface area contributed by atoms with E-state index < -0.39 is 39.4 Å². The maximum absolute atomic E-state index is 13.5. The molecule has 7 N–H and O–H groups in total. The number of carbonyl (C=O) groups is 2. The Morgan fingerprint density at radius 2 is 1.92 bits per heavy atom. The monoisotopic (exact) mass is 537 g/mol. The van der Waals surface area contributed by atoms with Crippen LogP contribution in [0.25, 0.3) is 0 Å². The van der Waals surface area contributed by atoms with Crippen LogP contribution in [0.5, 0.6) is 0 Å². The second-order valence-electron chi connectivity index (χ2n) is 9.96. The maximum atomic E-state index is 13.5. The number of amides is 1. The van der Waals surface area contributed by atoms with E-state index in [2.05, 4.69) is 21.6 Å². The average molecular weight is 538 g/mol. The van der Waals surface area contributed by atoms with Gasteiger partial charge in [0.25, 0.3) is 10.0 Å². The first-order valence-corrected chi connectivity index (χ1v) is 13.6. The summed E-state index contributed by atoms with van der Waals surface area (Å²) in [5.41, 5.74) is 13.4. The first-order chi connectivity index (χ1) is 17.1. The van der Waals surface area contributed by atoms with Crippen LogP contribution in [0, 0.1) is 5.41 Å². The number of nitrogens with one attached hydrogen (secondary N) is 2. The van der Waals surface area contributed by atoms with Gasteiger partial charge in [0.1, 0.15) is 17.6 Å². The molecule has 0 aromatic carbocycles. The highest BCUT2D eigenvalue weighted by molar-refractivity contribution is 7.94. The zero-order chi connectivity index (χ0) is 28.1. The van der Waals surface area contributed by atoms with E-state index in [1.165, 1.54) is 6.08 Å². The molecule has 0 unspecified atom stereocenters. The number of fused-ring (bicyclic) bond motifs is 1. The van der Waals surface area contributed by atoms with Gasteiger partial charge in [0, 0.05) is 17.5 Å². The molecule has 0 aromatic heterocycles. The van der Waals surface area contributed by atoms with Crippen LogP contribution in [-0.2, 0) is 24.3 Å². The zero-order valence-corrected chi connectivity index (χ0v) is 23.0. The van der Waals surface area contributed by atoms with E-state index in [9.17, 15) is 18.0 Å². The summed E-state index contributed by atoms with van der Waals surface area (Å²) in [5.74, 6) is -0.700. The maximum Gasteiger partial charge on any atom is 0.326 e. The van der Waals surface area contributed by atoms with E-state index in [1.54, 1.807) is 6.92 Å². The molecule has 0 saturated heterocycles. The second kappa shape index (κ2) is 12.0. The van der Waals surface area contributed by atoms with Gasteiger partial charge < -0.3 is 31.9 Å². The van der Waals surface area contributed by atoms with E-state index in [0.717, 1.165) is 11.1 Å². The Labute approximate surface area is 218 Å². The molecule has 0 radical (unpaired) electrons. The predicted molar refractivity (Wildman–Crippen MR) is 142 cm³/mol. The van der Waals surface area contributed by atoms with Crippen molar-refractivity contribution < 1.29 is 27.9 Å². The summed E-state index contributed by atoms with van der Waals surface area (Å²) >= 11 is 0. The van der Waals surface area contributed by atoms with Crippen molar-refractivity contribution in [2.45, 2.75) is 78.8 Å². The number of nitrogens with two attached hydrogens (primary N) is 2. The molecule has 2 aliphatic rings. The smallest absolute Gasteiger partial charge is 0.326 e. The van der Waals surface area contributed by atoms with Crippen LogP contribution in [0.3, 0.4) is 0 Å². The number of guanidine groups is 1. The molecule has 206 valence electrons.